The van der Waals surface area contributed by atoms with E-state index in [1.54, 1.807) is 20.3 Å². The van der Waals surface area contributed by atoms with Crippen molar-refractivity contribution < 1.29 is 14.2 Å². The summed E-state index contributed by atoms with van der Waals surface area (Å²) in [7, 11) is 5.30. The van der Waals surface area contributed by atoms with Crippen molar-refractivity contribution in [2.75, 3.05) is 34.4 Å². The van der Waals surface area contributed by atoms with Crippen LogP contribution in [0.2, 0.25) is 5.28 Å². The number of ether oxygens (including phenoxy) is 3. The van der Waals surface area contributed by atoms with Gasteiger partial charge < -0.3 is 19.1 Å². The van der Waals surface area contributed by atoms with Gasteiger partial charge in [0, 0.05) is 19.2 Å². The second-order valence-corrected chi connectivity index (χ2v) is 5.98. The number of halogens is 1. The Morgan fingerprint density at radius 1 is 1.09 bits per heavy atom. The largest absolute Gasteiger partial charge is 0.493 e. The minimum Gasteiger partial charge on any atom is -0.493 e. The summed E-state index contributed by atoms with van der Waals surface area (Å²) in [5.41, 5.74) is 0.672. The Kier molecular flexibility index (Phi) is 4.73. The third kappa shape index (κ3) is 3.43. The Labute approximate surface area is 140 Å². The van der Waals surface area contributed by atoms with Crippen molar-refractivity contribution in [3.8, 4) is 17.4 Å². The highest BCUT2D eigenvalue weighted by molar-refractivity contribution is 6.28. The van der Waals surface area contributed by atoms with Crippen LogP contribution >= 0.6 is 11.6 Å². The molecule has 2 heterocycles. The van der Waals surface area contributed by atoms with Gasteiger partial charge in [-0.2, -0.15) is 4.98 Å². The number of hydrogen-bond acceptors (Lipinski definition) is 6. The van der Waals surface area contributed by atoms with Crippen LogP contribution in [-0.2, 0) is 0 Å². The predicted molar refractivity (Wildman–Crippen MR) is 88.8 cm³/mol. The summed E-state index contributed by atoms with van der Waals surface area (Å²) >= 11 is 6.05. The zero-order valence-electron chi connectivity index (χ0n) is 13.5. The minimum atomic E-state index is 0.133. The number of fused-ring (bicyclic) bond motifs is 1. The van der Waals surface area contributed by atoms with Crippen LogP contribution in [-0.4, -0.2) is 55.3 Å². The standard InChI is InChI=1S/C16H20ClN3O3/c1-20-6-4-10(5-7-20)23-15-11-8-13(21-2)14(22-3)9-12(11)18-16(17)19-15/h8-10H,4-7H2,1-3H3. The van der Waals surface area contributed by atoms with E-state index >= 15 is 0 Å². The van der Waals surface area contributed by atoms with Gasteiger partial charge in [-0.25, -0.2) is 4.98 Å². The van der Waals surface area contributed by atoms with E-state index in [1.165, 1.54) is 0 Å². The van der Waals surface area contributed by atoms with E-state index in [4.69, 9.17) is 25.8 Å². The third-order valence-electron chi connectivity index (χ3n) is 4.08. The quantitative estimate of drug-likeness (QED) is 0.800. The maximum Gasteiger partial charge on any atom is 0.226 e. The highest BCUT2D eigenvalue weighted by atomic mass is 35.5. The average molecular weight is 338 g/mol. The summed E-state index contributed by atoms with van der Waals surface area (Å²) in [4.78, 5) is 10.8. The molecule has 0 spiro atoms. The number of methoxy groups -OCH3 is 2. The van der Waals surface area contributed by atoms with E-state index in [0.29, 0.717) is 22.9 Å². The molecule has 23 heavy (non-hydrogen) atoms. The number of benzene rings is 1. The van der Waals surface area contributed by atoms with Crippen LogP contribution < -0.4 is 14.2 Å². The Balaban J connectivity index is 1.98. The van der Waals surface area contributed by atoms with Gasteiger partial charge in [-0.3, -0.25) is 0 Å². The molecule has 1 fully saturated rings. The fourth-order valence-electron chi connectivity index (χ4n) is 2.75. The molecule has 2 aromatic rings. The van der Waals surface area contributed by atoms with Gasteiger partial charge in [0.25, 0.3) is 0 Å². The maximum atomic E-state index is 6.11. The van der Waals surface area contributed by atoms with E-state index in [-0.39, 0.29) is 11.4 Å². The van der Waals surface area contributed by atoms with Crippen LogP contribution in [0.15, 0.2) is 12.1 Å². The van der Waals surface area contributed by atoms with Crippen molar-refractivity contribution >= 4 is 22.5 Å². The molecular formula is C16H20ClN3O3. The fourth-order valence-corrected chi connectivity index (χ4v) is 2.92. The van der Waals surface area contributed by atoms with Crippen LogP contribution in [0.3, 0.4) is 0 Å². The summed E-state index contributed by atoms with van der Waals surface area (Å²) in [5.74, 6) is 1.70. The topological polar surface area (TPSA) is 56.7 Å². The first-order valence-electron chi connectivity index (χ1n) is 7.55. The molecule has 1 saturated heterocycles. The number of nitrogens with zero attached hydrogens (tertiary/aromatic N) is 3. The van der Waals surface area contributed by atoms with E-state index in [2.05, 4.69) is 21.9 Å². The Bertz CT molecular complexity index is 703. The first-order chi connectivity index (χ1) is 11.1. The van der Waals surface area contributed by atoms with E-state index in [0.717, 1.165) is 31.3 Å². The van der Waals surface area contributed by atoms with Gasteiger partial charge in [-0.1, -0.05) is 0 Å². The van der Waals surface area contributed by atoms with Crippen LogP contribution in [0.25, 0.3) is 10.9 Å². The normalized spacial score (nSPS) is 16.5. The predicted octanol–water partition coefficient (Wildman–Crippen LogP) is 2.77. The first kappa shape index (κ1) is 16.1. The summed E-state index contributed by atoms with van der Waals surface area (Å²) in [6, 6.07) is 3.61. The third-order valence-corrected chi connectivity index (χ3v) is 4.25. The molecule has 1 aliphatic rings. The molecule has 3 rings (SSSR count). The Morgan fingerprint density at radius 2 is 1.74 bits per heavy atom. The zero-order chi connectivity index (χ0) is 16.4. The van der Waals surface area contributed by atoms with Gasteiger partial charge >= 0.3 is 0 Å². The number of aromatic nitrogens is 2. The number of hydrogen-bond donors (Lipinski definition) is 0. The van der Waals surface area contributed by atoms with Crippen molar-refractivity contribution in [1.29, 1.82) is 0 Å². The lowest BCUT2D eigenvalue weighted by Crippen LogP contribution is -2.35. The maximum absolute atomic E-state index is 6.11. The lowest BCUT2D eigenvalue weighted by molar-refractivity contribution is 0.111. The van der Waals surface area contributed by atoms with Gasteiger partial charge in [0.15, 0.2) is 11.5 Å². The second kappa shape index (κ2) is 6.76. The summed E-state index contributed by atoms with van der Waals surface area (Å²) in [6.45, 7) is 2.02. The molecule has 0 unspecified atom stereocenters. The average Bonchev–Trinajstić information content (AvgIpc) is 2.55. The highest BCUT2D eigenvalue weighted by Gasteiger charge is 2.21. The molecule has 0 aliphatic carbocycles. The second-order valence-electron chi connectivity index (χ2n) is 5.64. The number of rotatable bonds is 4. The SMILES string of the molecule is COc1cc2nc(Cl)nc(OC3CCN(C)CC3)c2cc1OC. The van der Waals surface area contributed by atoms with E-state index < -0.39 is 0 Å². The Hall–Kier alpha value is -1.79. The smallest absolute Gasteiger partial charge is 0.226 e. The van der Waals surface area contributed by atoms with Gasteiger partial charge in [0.2, 0.25) is 11.2 Å². The molecule has 0 atom stereocenters. The van der Waals surface area contributed by atoms with Crippen molar-refractivity contribution in [3.63, 3.8) is 0 Å². The lowest BCUT2D eigenvalue weighted by Gasteiger charge is -2.29. The van der Waals surface area contributed by atoms with Crippen LogP contribution in [0.4, 0.5) is 0 Å². The molecule has 0 radical (unpaired) electrons. The van der Waals surface area contributed by atoms with Gasteiger partial charge in [-0.15, -0.1) is 0 Å². The molecular weight excluding hydrogens is 318 g/mol. The molecule has 7 heteroatoms. The van der Waals surface area contributed by atoms with Gasteiger partial charge in [-0.05, 0) is 37.6 Å². The number of piperidine rings is 1. The molecule has 124 valence electrons. The fraction of sp³-hybridized carbons (Fsp3) is 0.500. The molecule has 6 nitrogen and oxygen atoms in total. The van der Waals surface area contributed by atoms with Crippen LogP contribution in [0, 0.1) is 0 Å². The zero-order valence-corrected chi connectivity index (χ0v) is 14.3. The molecule has 0 N–H and O–H groups in total. The van der Waals surface area contributed by atoms with E-state index in [1.807, 2.05) is 6.07 Å². The molecule has 1 aliphatic heterocycles. The molecule has 0 amide bonds. The van der Waals surface area contributed by atoms with Crippen LogP contribution in [0.1, 0.15) is 12.8 Å². The number of likely N-dealkylation sites (tertiary alicyclic amines) is 1. The van der Waals surface area contributed by atoms with Crippen molar-refractivity contribution in [1.82, 2.24) is 14.9 Å². The summed E-state index contributed by atoms with van der Waals surface area (Å²) < 4.78 is 16.8. The Morgan fingerprint density at radius 3 is 2.39 bits per heavy atom. The lowest BCUT2D eigenvalue weighted by atomic mass is 10.1. The van der Waals surface area contributed by atoms with Crippen LogP contribution in [0.5, 0.6) is 17.4 Å². The van der Waals surface area contributed by atoms with Crippen molar-refractivity contribution in [2.24, 2.45) is 0 Å². The molecule has 0 bridgehead atoms. The molecule has 1 aromatic carbocycles. The van der Waals surface area contributed by atoms with Gasteiger partial charge in [0.05, 0.1) is 25.1 Å². The highest BCUT2D eigenvalue weighted by Crippen LogP contribution is 2.36. The minimum absolute atomic E-state index is 0.133. The first-order valence-corrected chi connectivity index (χ1v) is 7.93. The molecule has 0 saturated carbocycles. The van der Waals surface area contributed by atoms with E-state index in [9.17, 15) is 0 Å². The summed E-state index contributed by atoms with van der Waals surface area (Å²) in [5, 5.41) is 0.929. The van der Waals surface area contributed by atoms with Crippen molar-refractivity contribution in [3.05, 3.63) is 17.4 Å². The molecule has 1 aromatic heterocycles. The van der Waals surface area contributed by atoms with Crippen molar-refractivity contribution in [2.45, 2.75) is 18.9 Å². The summed E-state index contributed by atoms with van der Waals surface area (Å²) in [6.07, 6.45) is 2.06. The monoisotopic (exact) mass is 337 g/mol. The van der Waals surface area contributed by atoms with Gasteiger partial charge in [0.1, 0.15) is 6.10 Å².